The van der Waals surface area contributed by atoms with Crippen LogP contribution < -0.4 is 10.6 Å². The third-order valence-electron chi connectivity index (χ3n) is 1.83. The number of hydrogen-bond donors (Lipinski definition) is 2. The summed E-state index contributed by atoms with van der Waals surface area (Å²) in [6.07, 6.45) is -0.793. The molecular formula is C12H20N2O5. The van der Waals surface area contributed by atoms with E-state index in [0.29, 0.717) is 0 Å². The van der Waals surface area contributed by atoms with Crippen LogP contribution in [0.1, 0.15) is 27.7 Å². The molecule has 0 bridgehead atoms. The lowest BCUT2D eigenvalue weighted by Crippen LogP contribution is -2.43. The van der Waals surface area contributed by atoms with Gasteiger partial charge in [0, 0.05) is 0 Å². The van der Waals surface area contributed by atoms with Gasteiger partial charge in [0.1, 0.15) is 17.3 Å². The number of alkyl carbamates (subject to hydrolysis) is 1. The quantitative estimate of drug-likeness (QED) is 0.580. The highest BCUT2D eigenvalue weighted by Gasteiger charge is 2.21. The van der Waals surface area contributed by atoms with Crippen LogP contribution in [0.4, 0.5) is 4.79 Å². The second kappa shape index (κ2) is 6.77. The van der Waals surface area contributed by atoms with Crippen molar-refractivity contribution < 1.29 is 23.9 Å². The summed E-state index contributed by atoms with van der Waals surface area (Å²) in [6, 6.07) is -0.838. The maximum absolute atomic E-state index is 11.6. The van der Waals surface area contributed by atoms with Crippen LogP contribution in [0.25, 0.3) is 0 Å². The fourth-order valence-corrected chi connectivity index (χ4v) is 1.00. The van der Waals surface area contributed by atoms with Gasteiger partial charge in [0.15, 0.2) is 0 Å². The first-order valence-corrected chi connectivity index (χ1v) is 5.64. The SMILES string of the molecule is C=C(NC(=O)OC(C)(C)C)C(=O)N[C@@H](C)C(=O)OC. The van der Waals surface area contributed by atoms with Crippen molar-refractivity contribution >= 4 is 18.0 Å². The van der Waals surface area contributed by atoms with E-state index < -0.39 is 29.6 Å². The molecule has 0 aromatic heterocycles. The van der Waals surface area contributed by atoms with Crippen LogP contribution in [0.3, 0.4) is 0 Å². The van der Waals surface area contributed by atoms with Crippen LogP contribution in [0.2, 0.25) is 0 Å². The van der Waals surface area contributed by atoms with Gasteiger partial charge >= 0.3 is 12.1 Å². The summed E-state index contributed by atoms with van der Waals surface area (Å²) in [4.78, 5) is 34.1. The Morgan fingerprint density at radius 2 is 1.74 bits per heavy atom. The molecular weight excluding hydrogens is 252 g/mol. The Morgan fingerprint density at radius 1 is 1.21 bits per heavy atom. The van der Waals surface area contributed by atoms with Crippen LogP contribution in [0, 0.1) is 0 Å². The van der Waals surface area contributed by atoms with Crippen molar-refractivity contribution in [2.24, 2.45) is 0 Å². The largest absolute Gasteiger partial charge is 0.467 e. The van der Waals surface area contributed by atoms with Crippen molar-refractivity contribution in [1.82, 2.24) is 10.6 Å². The first-order valence-electron chi connectivity index (χ1n) is 5.64. The molecule has 0 aliphatic heterocycles. The van der Waals surface area contributed by atoms with Crippen LogP contribution in [0.5, 0.6) is 0 Å². The van der Waals surface area contributed by atoms with Crippen LogP contribution in [-0.4, -0.2) is 36.7 Å². The number of hydrogen-bond acceptors (Lipinski definition) is 5. The lowest BCUT2D eigenvalue weighted by Gasteiger charge is -2.20. The molecule has 0 aromatic rings. The van der Waals surface area contributed by atoms with Gasteiger partial charge in [-0.15, -0.1) is 0 Å². The van der Waals surface area contributed by atoms with Gasteiger partial charge in [-0.05, 0) is 27.7 Å². The Kier molecular flexibility index (Phi) is 6.04. The molecule has 0 radical (unpaired) electrons. The lowest BCUT2D eigenvalue weighted by atomic mass is 10.2. The molecule has 0 aromatic carbocycles. The number of ether oxygens (including phenoxy) is 2. The molecule has 2 amide bonds. The number of amides is 2. The molecule has 0 unspecified atom stereocenters. The second-order valence-electron chi connectivity index (χ2n) is 4.82. The molecule has 19 heavy (non-hydrogen) atoms. The number of rotatable bonds is 4. The van der Waals surface area contributed by atoms with Gasteiger partial charge in [-0.3, -0.25) is 10.1 Å². The molecule has 0 spiro atoms. The van der Waals surface area contributed by atoms with Crippen molar-refractivity contribution in [3.63, 3.8) is 0 Å². The Hall–Kier alpha value is -2.05. The van der Waals surface area contributed by atoms with Gasteiger partial charge in [0.25, 0.3) is 5.91 Å². The Bertz CT molecular complexity index is 384. The van der Waals surface area contributed by atoms with E-state index in [1.807, 2.05) is 0 Å². The molecule has 2 N–H and O–H groups in total. The molecule has 1 atom stereocenters. The third-order valence-corrected chi connectivity index (χ3v) is 1.83. The maximum Gasteiger partial charge on any atom is 0.412 e. The zero-order chi connectivity index (χ0) is 15.2. The zero-order valence-electron chi connectivity index (χ0n) is 11.8. The molecule has 0 aliphatic rings. The van der Waals surface area contributed by atoms with Gasteiger partial charge in [0.2, 0.25) is 0 Å². The predicted octanol–water partition coefficient (Wildman–Crippen LogP) is 0.702. The predicted molar refractivity (Wildman–Crippen MR) is 68.1 cm³/mol. The molecule has 0 heterocycles. The van der Waals surface area contributed by atoms with Crippen LogP contribution >= 0.6 is 0 Å². The highest BCUT2D eigenvalue weighted by atomic mass is 16.6. The molecule has 108 valence electrons. The number of methoxy groups -OCH3 is 1. The minimum Gasteiger partial charge on any atom is -0.467 e. The Morgan fingerprint density at radius 3 is 2.16 bits per heavy atom. The average Bonchev–Trinajstić information content (AvgIpc) is 2.24. The number of nitrogens with one attached hydrogen (secondary N) is 2. The summed E-state index contributed by atoms with van der Waals surface area (Å²) in [5.74, 6) is -1.29. The number of esters is 1. The van der Waals surface area contributed by atoms with E-state index in [1.54, 1.807) is 20.8 Å². The summed E-state index contributed by atoms with van der Waals surface area (Å²) < 4.78 is 9.39. The van der Waals surface area contributed by atoms with Crippen molar-refractivity contribution in [2.45, 2.75) is 39.3 Å². The zero-order valence-corrected chi connectivity index (χ0v) is 11.8. The van der Waals surface area contributed by atoms with Gasteiger partial charge in [0.05, 0.1) is 7.11 Å². The molecule has 7 heteroatoms. The standard InChI is InChI=1S/C12H20N2O5/c1-7(14-11(17)19-12(3,4)5)9(15)13-8(2)10(16)18-6/h8H,1H2,2-6H3,(H,13,15)(H,14,17)/t8-/m0/s1. The minimum absolute atomic E-state index is 0.218. The Balaban J connectivity index is 4.32. The summed E-state index contributed by atoms with van der Waals surface area (Å²) in [5, 5.41) is 4.49. The molecule has 0 rings (SSSR count). The second-order valence-corrected chi connectivity index (χ2v) is 4.82. The lowest BCUT2D eigenvalue weighted by molar-refractivity contribution is -0.144. The van der Waals surface area contributed by atoms with Crippen molar-refractivity contribution in [3.05, 3.63) is 12.3 Å². The topological polar surface area (TPSA) is 93.7 Å². The van der Waals surface area contributed by atoms with Crippen molar-refractivity contribution in [3.8, 4) is 0 Å². The highest BCUT2D eigenvalue weighted by molar-refractivity contribution is 5.97. The average molecular weight is 272 g/mol. The van der Waals surface area contributed by atoms with E-state index in [9.17, 15) is 14.4 Å². The summed E-state index contributed by atoms with van der Waals surface area (Å²) in [7, 11) is 1.21. The smallest absolute Gasteiger partial charge is 0.412 e. The first kappa shape index (κ1) is 16.9. The third kappa shape index (κ3) is 7.07. The molecule has 7 nitrogen and oxygen atoms in total. The van der Waals surface area contributed by atoms with E-state index in [-0.39, 0.29) is 5.70 Å². The summed E-state index contributed by atoms with van der Waals surface area (Å²) in [5.41, 5.74) is -0.898. The van der Waals surface area contributed by atoms with Crippen molar-refractivity contribution in [1.29, 1.82) is 0 Å². The van der Waals surface area contributed by atoms with Crippen LogP contribution in [-0.2, 0) is 19.1 Å². The molecule has 0 aliphatic carbocycles. The van der Waals surface area contributed by atoms with Gasteiger partial charge in [-0.25, -0.2) is 9.59 Å². The van der Waals surface area contributed by atoms with Gasteiger partial charge in [-0.2, -0.15) is 0 Å². The van der Waals surface area contributed by atoms with Crippen LogP contribution in [0.15, 0.2) is 12.3 Å². The summed E-state index contributed by atoms with van der Waals surface area (Å²) >= 11 is 0. The summed E-state index contributed by atoms with van der Waals surface area (Å²) in [6.45, 7) is 9.90. The normalized spacial score (nSPS) is 12.1. The minimum atomic E-state index is -0.838. The monoisotopic (exact) mass is 272 g/mol. The molecule has 0 saturated heterocycles. The van der Waals surface area contributed by atoms with E-state index in [0.717, 1.165) is 0 Å². The van der Waals surface area contributed by atoms with E-state index in [2.05, 4.69) is 21.9 Å². The number of carbonyl (C=O) groups is 3. The van der Waals surface area contributed by atoms with Crippen molar-refractivity contribution in [2.75, 3.05) is 7.11 Å². The molecule has 0 saturated carbocycles. The van der Waals surface area contributed by atoms with Gasteiger partial charge in [-0.1, -0.05) is 6.58 Å². The Labute approximate surface area is 112 Å². The van der Waals surface area contributed by atoms with E-state index in [1.165, 1.54) is 14.0 Å². The molecule has 0 fully saturated rings. The fraction of sp³-hybridized carbons (Fsp3) is 0.583. The first-order chi connectivity index (χ1) is 8.56. The highest BCUT2D eigenvalue weighted by Crippen LogP contribution is 2.06. The van der Waals surface area contributed by atoms with E-state index >= 15 is 0 Å². The maximum atomic E-state index is 11.6. The van der Waals surface area contributed by atoms with Gasteiger partial charge < -0.3 is 14.8 Å². The van der Waals surface area contributed by atoms with E-state index in [4.69, 9.17) is 4.74 Å². The number of carbonyl (C=O) groups excluding carboxylic acids is 3. The fourth-order valence-electron chi connectivity index (χ4n) is 1.00.